The molecule has 0 spiro atoms. The normalized spacial score (nSPS) is 10.9. The Morgan fingerprint density at radius 2 is 1.76 bits per heavy atom. The summed E-state index contributed by atoms with van der Waals surface area (Å²) in [6.07, 6.45) is 0.388. The molecule has 1 N–H and O–H groups in total. The van der Waals surface area contributed by atoms with E-state index < -0.39 is 0 Å². The van der Waals surface area contributed by atoms with Gasteiger partial charge in [0.1, 0.15) is 5.82 Å². The molecule has 0 aliphatic carbocycles. The van der Waals surface area contributed by atoms with Gasteiger partial charge in [0, 0.05) is 17.5 Å². The SMILES string of the molecule is Cc1ccccc1C(=O)Cc1cccc(-c2nc3ccccc3[nH]2)c1. The Balaban J connectivity index is 1.63. The summed E-state index contributed by atoms with van der Waals surface area (Å²) in [6.45, 7) is 1.97. The summed E-state index contributed by atoms with van der Waals surface area (Å²) < 4.78 is 0. The molecule has 122 valence electrons. The van der Waals surface area contributed by atoms with Crippen molar-refractivity contribution in [3.63, 3.8) is 0 Å². The van der Waals surface area contributed by atoms with Crippen molar-refractivity contribution in [2.24, 2.45) is 0 Å². The lowest BCUT2D eigenvalue weighted by atomic mass is 9.98. The Kier molecular flexibility index (Phi) is 3.90. The standard InChI is InChI=1S/C22H18N2O/c1-15-7-2-3-10-18(15)21(25)14-16-8-6-9-17(13-16)22-23-19-11-4-5-12-20(19)24-22/h2-13H,14H2,1H3,(H,23,24). The van der Waals surface area contributed by atoms with Crippen LogP contribution in [-0.4, -0.2) is 15.8 Å². The summed E-state index contributed by atoms with van der Waals surface area (Å²) in [5, 5.41) is 0. The van der Waals surface area contributed by atoms with E-state index in [1.165, 1.54) is 0 Å². The first-order chi connectivity index (χ1) is 12.2. The number of fused-ring (bicyclic) bond motifs is 1. The van der Waals surface area contributed by atoms with E-state index in [2.05, 4.69) is 9.97 Å². The highest BCUT2D eigenvalue weighted by atomic mass is 16.1. The van der Waals surface area contributed by atoms with Crippen molar-refractivity contribution in [1.82, 2.24) is 9.97 Å². The minimum Gasteiger partial charge on any atom is -0.338 e. The summed E-state index contributed by atoms with van der Waals surface area (Å²) >= 11 is 0. The lowest BCUT2D eigenvalue weighted by Crippen LogP contribution is -2.05. The van der Waals surface area contributed by atoms with Crippen molar-refractivity contribution in [3.05, 3.63) is 89.5 Å². The summed E-state index contributed by atoms with van der Waals surface area (Å²) in [6, 6.07) is 23.7. The number of aromatic amines is 1. The number of rotatable bonds is 4. The number of benzene rings is 3. The molecule has 0 aliphatic heterocycles. The van der Waals surface area contributed by atoms with Crippen molar-refractivity contribution in [1.29, 1.82) is 0 Å². The van der Waals surface area contributed by atoms with Crippen molar-refractivity contribution < 1.29 is 4.79 Å². The first-order valence-corrected chi connectivity index (χ1v) is 8.33. The minimum absolute atomic E-state index is 0.139. The van der Waals surface area contributed by atoms with Crippen LogP contribution in [0.25, 0.3) is 22.4 Å². The van der Waals surface area contributed by atoms with Crippen LogP contribution in [0.3, 0.4) is 0 Å². The summed E-state index contributed by atoms with van der Waals surface area (Å²) in [5.41, 5.74) is 5.74. The monoisotopic (exact) mass is 326 g/mol. The Morgan fingerprint density at radius 1 is 0.960 bits per heavy atom. The molecule has 0 fully saturated rings. The number of nitrogens with zero attached hydrogens (tertiary/aromatic N) is 1. The van der Waals surface area contributed by atoms with Crippen molar-refractivity contribution in [3.8, 4) is 11.4 Å². The number of hydrogen-bond donors (Lipinski definition) is 1. The predicted octanol–water partition coefficient (Wildman–Crippen LogP) is 4.96. The highest BCUT2D eigenvalue weighted by molar-refractivity contribution is 5.98. The van der Waals surface area contributed by atoms with Gasteiger partial charge in [-0.1, -0.05) is 54.6 Å². The van der Waals surface area contributed by atoms with Gasteiger partial charge < -0.3 is 4.98 Å². The molecule has 3 heteroatoms. The van der Waals surface area contributed by atoms with Crippen LogP contribution in [0.2, 0.25) is 0 Å². The zero-order valence-corrected chi connectivity index (χ0v) is 14.0. The third kappa shape index (κ3) is 3.09. The van der Waals surface area contributed by atoms with Gasteiger partial charge in [0.2, 0.25) is 0 Å². The molecule has 0 unspecified atom stereocenters. The number of imidazole rings is 1. The number of hydrogen-bond acceptors (Lipinski definition) is 2. The topological polar surface area (TPSA) is 45.8 Å². The maximum atomic E-state index is 12.6. The quantitative estimate of drug-likeness (QED) is 0.539. The van der Waals surface area contributed by atoms with E-state index in [9.17, 15) is 4.79 Å². The molecule has 0 saturated carbocycles. The summed E-state index contributed by atoms with van der Waals surface area (Å²) in [7, 11) is 0. The molecule has 4 rings (SSSR count). The fraction of sp³-hybridized carbons (Fsp3) is 0.0909. The van der Waals surface area contributed by atoms with E-state index in [4.69, 9.17) is 0 Å². The van der Waals surface area contributed by atoms with Gasteiger partial charge in [-0.2, -0.15) is 0 Å². The number of para-hydroxylation sites is 2. The van der Waals surface area contributed by atoms with Gasteiger partial charge in [-0.15, -0.1) is 0 Å². The summed E-state index contributed by atoms with van der Waals surface area (Å²) in [4.78, 5) is 20.6. The highest BCUT2D eigenvalue weighted by Crippen LogP contribution is 2.22. The smallest absolute Gasteiger partial charge is 0.167 e. The number of carbonyl (C=O) groups excluding carboxylic acids is 1. The minimum atomic E-state index is 0.139. The molecule has 0 bridgehead atoms. The van der Waals surface area contributed by atoms with Gasteiger partial charge >= 0.3 is 0 Å². The van der Waals surface area contributed by atoms with Gasteiger partial charge in [-0.3, -0.25) is 4.79 Å². The van der Waals surface area contributed by atoms with Crippen LogP contribution in [0.1, 0.15) is 21.5 Å². The maximum absolute atomic E-state index is 12.6. The van der Waals surface area contributed by atoms with E-state index >= 15 is 0 Å². The van der Waals surface area contributed by atoms with Crippen LogP contribution in [-0.2, 0) is 6.42 Å². The Morgan fingerprint density at radius 3 is 2.60 bits per heavy atom. The van der Waals surface area contributed by atoms with Crippen LogP contribution >= 0.6 is 0 Å². The molecule has 0 atom stereocenters. The number of aromatic nitrogens is 2. The number of aryl methyl sites for hydroxylation is 1. The molecule has 0 amide bonds. The van der Waals surface area contributed by atoms with Crippen LogP contribution in [0.5, 0.6) is 0 Å². The third-order valence-electron chi connectivity index (χ3n) is 4.40. The lowest BCUT2D eigenvalue weighted by molar-refractivity contribution is 0.0992. The van der Waals surface area contributed by atoms with E-state index in [0.717, 1.165) is 39.1 Å². The molecule has 0 saturated heterocycles. The van der Waals surface area contributed by atoms with E-state index in [1.807, 2.05) is 79.7 Å². The van der Waals surface area contributed by atoms with Crippen molar-refractivity contribution >= 4 is 16.8 Å². The van der Waals surface area contributed by atoms with Crippen LogP contribution in [0.4, 0.5) is 0 Å². The molecule has 0 aliphatic rings. The van der Waals surface area contributed by atoms with E-state index in [1.54, 1.807) is 0 Å². The zero-order chi connectivity index (χ0) is 17.2. The largest absolute Gasteiger partial charge is 0.338 e. The molecular weight excluding hydrogens is 308 g/mol. The molecular formula is C22H18N2O. The van der Waals surface area contributed by atoms with E-state index in [-0.39, 0.29) is 5.78 Å². The molecule has 4 aromatic rings. The first kappa shape index (κ1) is 15.3. The lowest BCUT2D eigenvalue weighted by Gasteiger charge is -2.06. The number of carbonyl (C=O) groups is 1. The van der Waals surface area contributed by atoms with Crippen LogP contribution in [0.15, 0.2) is 72.8 Å². The fourth-order valence-electron chi connectivity index (χ4n) is 3.08. The molecule has 3 nitrogen and oxygen atoms in total. The average molecular weight is 326 g/mol. The second kappa shape index (κ2) is 6.36. The second-order valence-corrected chi connectivity index (χ2v) is 6.22. The van der Waals surface area contributed by atoms with E-state index in [0.29, 0.717) is 6.42 Å². The third-order valence-corrected chi connectivity index (χ3v) is 4.40. The second-order valence-electron chi connectivity index (χ2n) is 6.22. The molecule has 1 heterocycles. The number of Topliss-reactive ketones (excluding diaryl/α,β-unsaturated/α-hetero) is 1. The summed E-state index contributed by atoms with van der Waals surface area (Å²) in [5.74, 6) is 0.964. The van der Waals surface area contributed by atoms with Gasteiger partial charge in [-0.05, 0) is 36.2 Å². The number of ketones is 1. The van der Waals surface area contributed by atoms with Crippen molar-refractivity contribution in [2.45, 2.75) is 13.3 Å². The maximum Gasteiger partial charge on any atom is 0.167 e. The zero-order valence-electron chi connectivity index (χ0n) is 14.0. The Hall–Kier alpha value is -3.20. The average Bonchev–Trinajstić information content (AvgIpc) is 3.06. The molecule has 3 aromatic carbocycles. The first-order valence-electron chi connectivity index (χ1n) is 8.33. The Labute approximate surface area is 146 Å². The molecule has 1 aromatic heterocycles. The Bertz CT molecular complexity index is 1030. The van der Waals surface area contributed by atoms with Gasteiger partial charge in [-0.25, -0.2) is 4.98 Å². The van der Waals surface area contributed by atoms with Crippen LogP contribution < -0.4 is 0 Å². The molecule has 25 heavy (non-hydrogen) atoms. The fourth-order valence-corrected chi connectivity index (χ4v) is 3.08. The van der Waals surface area contributed by atoms with Gasteiger partial charge in [0.25, 0.3) is 0 Å². The number of H-pyrrole nitrogens is 1. The predicted molar refractivity (Wildman–Crippen MR) is 101 cm³/mol. The number of nitrogens with one attached hydrogen (secondary N) is 1. The highest BCUT2D eigenvalue weighted by Gasteiger charge is 2.11. The van der Waals surface area contributed by atoms with Gasteiger partial charge in [0.05, 0.1) is 11.0 Å². The van der Waals surface area contributed by atoms with Gasteiger partial charge in [0.15, 0.2) is 5.78 Å². The van der Waals surface area contributed by atoms with Crippen LogP contribution in [0, 0.1) is 6.92 Å². The molecule has 0 radical (unpaired) electrons. The van der Waals surface area contributed by atoms with Crippen molar-refractivity contribution in [2.75, 3.05) is 0 Å².